The number of aromatic nitrogens is 3. The van der Waals surface area contributed by atoms with Crippen LogP contribution in [0.3, 0.4) is 0 Å². The summed E-state index contributed by atoms with van der Waals surface area (Å²) >= 11 is 1.72. The van der Waals surface area contributed by atoms with E-state index in [0.717, 1.165) is 54.9 Å². The first-order chi connectivity index (χ1) is 12.7. The molecule has 1 aromatic heterocycles. The van der Waals surface area contributed by atoms with Gasteiger partial charge in [0.2, 0.25) is 5.91 Å². The number of piperidine rings is 1. The van der Waals surface area contributed by atoms with E-state index >= 15 is 0 Å². The summed E-state index contributed by atoms with van der Waals surface area (Å²) in [5.41, 5.74) is 0.997. The second kappa shape index (κ2) is 7.80. The van der Waals surface area contributed by atoms with E-state index in [1.54, 1.807) is 11.8 Å². The van der Waals surface area contributed by atoms with Gasteiger partial charge in [-0.1, -0.05) is 30.0 Å². The molecule has 2 aromatic rings. The molecule has 26 heavy (non-hydrogen) atoms. The summed E-state index contributed by atoms with van der Waals surface area (Å²) in [6, 6.07) is 9.94. The lowest BCUT2D eigenvalue weighted by Crippen LogP contribution is -2.27. The number of para-hydroxylation sites is 1. The lowest BCUT2D eigenvalue weighted by molar-refractivity contribution is -0.117. The lowest BCUT2D eigenvalue weighted by Gasteiger charge is -2.21. The number of anilines is 1. The zero-order chi connectivity index (χ0) is 17.9. The quantitative estimate of drug-likeness (QED) is 0.818. The van der Waals surface area contributed by atoms with Crippen LogP contribution < -0.4 is 10.2 Å². The van der Waals surface area contributed by atoms with Gasteiger partial charge in [-0.15, -0.1) is 10.2 Å². The first kappa shape index (κ1) is 17.5. The monoisotopic (exact) mass is 371 g/mol. The van der Waals surface area contributed by atoms with Gasteiger partial charge in [0.15, 0.2) is 5.16 Å². The number of rotatable bonds is 5. The minimum atomic E-state index is 0.218. The van der Waals surface area contributed by atoms with Gasteiger partial charge in [0, 0.05) is 37.4 Å². The van der Waals surface area contributed by atoms with Crippen LogP contribution in [0.15, 0.2) is 35.5 Å². The van der Waals surface area contributed by atoms with Crippen molar-refractivity contribution in [2.75, 3.05) is 30.3 Å². The van der Waals surface area contributed by atoms with E-state index in [0.29, 0.717) is 18.3 Å². The van der Waals surface area contributed by atoms with Crippen molar-refractivity contribution in [1.29, 1.82) is 0 Å². The smallest absolute Gasteiger partial charge is 0.227 e. The molecule has 0 unspecified atom stereocenters. The van der Waals surface area contributed by atoms with Crippen LogP contribution in [0.2, 0.25) is 0 Å². The Morgan fingerprint density at radius 1 is 1.19 bits per heavy atom. The van der Waals surface area contributed by atoms with Crippen LogP contribution in [0.5, 0.6) is 0 Å². The van der Waals surface area contributed by atoms with Crippen LogP contribution in [0.4, 0.5) is 5.69 Å². The van der Waals surface area contributed by atoms with E-state index in [2.05, 4.69) is 27.1 Å². The van der Waals surface area contributed by atoms with Gasteiger partial charge >= 0.3 is 0 Å². The molecule has 2 aliphatic heterocycles. The molecule has 2 saturated heterocycles. The predicted octanol–water partition coefficient (Wildman–Crippen LogP) is 2.43. The topological polar surface area (TPSA) is 63.1 Å². The van der Waals surface area contributed by atoms with Crippen molar-refractivity contribution in [3.8, 4) is 0 Å². The zero-order valence-electron chi connectivity index (χ0n) is 15.1. The van der Waals surface area contributed by atoms with E-state index in [9.17, 15) is 4.79 Å². The van der Waals surface area contributed by atoms with E-state index in [-0.39, 0.29) is 5.91 Å². The highest BCUT2D eigenvalue weighted by atomic mass is 32.2. The van der Waals surface area contributed by atoms with E-state index < -0.39 is 0 Å². The molecule has 2 aliphatic rings. The number of hydrogen-bond acceptors (Lipinski definition) is 5. The molecule has 7 heteroatoms. The number of nitrogens with zero attached hydrogens (tertiary/aromatic N) is 4. The molecule has 1 atom stereocenters. The van der Waals surface area contributed by atoms with Crippen molar-refractivity contribution < 1.29 is 4.79 Å². The molecule has 0 spiro atoms. The third kappa shape index (κ3) is 3.64. The average molecular weight is 372 g/mol. The normalized spacial score (nSPS) is 21.5. The van der Waals surface area contributed by atoms with Gasteiger partial charge in [-0.25, -0.2) is 0 Å². The fourth-order valence-electron chi connectivity index (χ4n) is 3.83. The van der Waals surface area contributed by atoms with Crippen LogP contribution >= 0.6 is 11.8 Å². The Kier molecular flexibility index (Phi) is 5.26. The molecule has 1 aromatic carbocycles. The molecule has 4 rings (SSSR count). The minimum absolute atomic E-state index is 0.218. The van der Waals surface area contributed by atoms with Gasteiger partial charge in [0.1, 0.15) is 5.82 Å². The van der Waals surface area contributed by atoms with E-state index in [1.165, 1.54) is 0 Å². The van der Waals surface area contributed by atoms with Gasteiger partial charge in [-0.05, 0) is 44.0 Å². The number of carbonyl (C=O) groups excluding carboxylic acids is 1. The second-order valence-corrected chi connectivity index (χ2v) is 8.13. The highest BCUT2D eigenvalue weighted by molar-refractivity contribution is 7.99. The maximum atomic E-state index is 12.4. The van der Waals surface area contributed by atoms with Crippen molar-refractivity contribution in [2.45, 2.75) is 30.3 Å². The SMILES string of the molecule is Cn1c(SC[C@@H]2CC(=O)N(c3ccccc3)C2)nnc1C1CCNCC1. The van der Waals surface area contributed by atoms with Gasteiger partial charge in [-0.3, -0.25) is 4.79 Å². The standard InChI is InChI=1S/C19H25N5OS/c1-23-18(15-7-9-20-10-8-15)21-22-19(23)26-13-14-11-17(25)24(12-14)16-5-3-2-4-6-16/h2-6,14-15,20H,7-13H2,1H3/t14-/m1/s1. The second-order valence-electron chi connectivity index (χ2n) is 7.15. The Hall–Kier alpha value is -1.86. The van der Waals surface area contributed by atoms with Crippen LogP contribution in [0, 0.1) is 5.92 Å². The van der Waals surface area contributed by atoms with Crippen molar-refractivity contribution in [1.82, 2.24) is 20.1 Å². The number of thioether (sulfide) groups is 1. The molecule has 1 amide bonds. The van der Waals surface area contributed by atoms with Crippen molar-refractivity contribution in [3.63, 3.8) is 0 Å². The first-order valence-electron chi connectivity index (χ1n) is 9.30. The molecule has 2 fully saturated rings. The van der Waals surface area contributed by atoms with E-state index in [4.69, 9.17) is 0 Å². The summed E-state index contributed by atoms with van der Waals surface area (Å²) in [6.45, 7) is 2.90. The summed E-state index contributed by atoms with van der Waals surface area (Å²) in [4.78, 5) is 14.3. The van der Waals surface area contributed by atoms with Gasteiger partial charge < -0.3 is 14.8 Å². The third-order valence-corrected chi connectivity index (χ3v) is 6.55. The summed E-state index contributed by atoms with van der Waals surface area (Å²) in [6.07, 6.45) is 2.86. The molecule has 0 saturated carbocycles. The van der Waals surface area contributed by atoms with Crippen LogP contribution in [-0.4, -0.2) is 46.1 Å². The Bertz CT molecular complexity index is 757. The fraction of sp³-hybridized carbons (Fsp3) is 0.526. The minimum Gasteiger partial charge on any atom is -0.317 e. The summed E-state index contributed by atoms with van der Waals surface area (Å²) in [5, 5.41) is 13.2. The van der Waals surface area contributed by atoms with Crippen molar-refractivity contribution in [2.24, 2.45) is 13.0 Å². The van der Waals surface area contributed by atoms with E-state index in [1.807, 2.05) is 35.2 Å². The first-order valence-corrected chi connectivity index (χ1v) is 10.3. The predicted molar refractivity (Wildman–Crippen MR) is 103 cm³/mol. The number of benzene rings is 1. The Morgan fingerprint density at radius 2 is 1.96 bits per heavy atom. The van der Waals surface area contributed by atoms with Crippen molar-refractivity contribution >= 4 is 23.4 Å². The summed E-state index contributed by atoms with van der Waals surface area (Å²) in [7, 11) is 2.07. The summed E-state index contributed by atoms with van der Waals surface area (Å²) < 4.78 is 2.15. The number of hydrogen-bond donors (Lipinski definition) is 1. The molecule has 0 bridgehead atoms. The molecule has 3 heterocycles. The Labute approximate surface area is 158 Å². The van der Waals surface area contributed by atoms with Gasteiger partial charge in [0.05, 0.1) is 0 Å². The molecule has 6 nitrogen and oxygen atoms in total. The molecule has 138 valence electrons. The Morgan fingerprint density at radius 3 is 2.73 bits per heavy atom. The van der Waals surface area contributed by atoms with Gasteiger partial charge in [0.25, 0.3) is 0 Å². The molecule has 0 aliphatic carbocycles. The van der Waals surface area contributed by atoms with Crippen LogP contribution in [-0.2, 0) is 11.8 Å². The largest absolute Gasteiger partial charge is 0.317 e. The van der Waals surface area contributed by atoms with Gasteiger partial charge in [-0.2, -0.15) is 0 Å². The summed E-state index contributed by atoms with van der Waals surface area (Å²) in [5.74, 6) is 3.07. The molecular weight excluding hydrogens is 346 g/mol. The third-order valence-electron chi connectivity index (χ3n) is 5.29. The highest BCUT2D eigenvalue weighted by Gasteiger charge is 2.31. The zero-order valence-corrected chi connectivity index (χ0v) is 15.9. The fourth-order valence-corrected chi connectivity index (χ4v) is 4.82. The molecule has 1 N–H and O–H groups in total. The lowest BCUT2D eigenvalue weighted by atomic mass is 9.97. The number of carbonyl (C=O) groups is 1. The molecule has 0 radical (unpaired) electrons. The van der Waals surface area contributed by atoms with Crippen molar-refractivity contribution in [3.05, 3.63) is 36.2 Å². The highest BCUT2D eigenvalue weighted by Crippen LogP contribution is 2.31. The van der Waals surface area contributed by atoms with Crippen LogP contribution in [0.25, 0.3) is 0 Å². The average Bonchev–Trinajstić information content (AvgIpc) is 3.24. The Balaban J connectivity index is 1.36. The van der Waals surface area contributed by atoms with Crippen LogP contribution in [0.1, 0.15) is 31.0 Å². The number of nitrogens with one attached hydrogen (secondary N) is 1. The molecular formula is C19H25N5OS. The number of amides is 1. The maximum absolute atomic E-state index is 12.4. The maximum Gasteiger partial charge on any atom is 0.227 e.